The van der Waals surface area contributed by atoms with Crippen molar-refractivity contribution in [3.8, 4) is 11.8 Å². The summed E-state index contributed by atoms with van der Waals surface area (Å²) in [5, 5.41) is 21.0. The highest BCUT2D eigenvalue weighted by atomic mass is 16.5. The molecule has 0 bridgehead atoms. The molecule has 0 aliphatic heterocycles. The van der Waals surface area contributed by atoms with E-state index in [-0.39, 0.29) is 0 Å². The molecule has 1 aromatic rings. The zero-order chi connectivity index (χ0) is 14.5. The predicted molar refractivity (Wildman–Crippen MR) is 74.7 cm³/mol. The SMILES string of the molecule is CC(=NO)c1ccc(C)cc1OCCC(C)(C)C#N. The van der Waals surface area contributed by atoms with E-state index in [4.69, 9.17) is 15.2 Å². The number of hydrogen-bond donors (Lipinski definition) is 1. The van der Waals surface area contributed by atoms with Crippen LogP contribution in [0.25, 0.3) is 0 Å². The number of benzene rings is 1. The van der Waals surface area contributed by atoms with Gasteiger partial charge in [-0.25, -0.2) is 0 Å². The normalized spacial score (nSPS) is 12.1. The van der Waals surface area contributed by atoms with E-state index in [1.165, 1.54) is 0 Å². The lowest BCUT2D eigenvalue weighted by atomic mass is 9.92. The average molecular weight is 260 g/mol. The minimum atomic E-state index is -0.399. The van der Waals surface area contributed by atoms with Crippen LogP contribution in [0.15, 0.2) is 23.4 Å². The number of hydrogen-bond acceptors (Lipinski definition) is 4. The van der Waals surface area contributed by atoms with Crippen LogP contribution in [0.4, 0.5) is 0 Å². The molecule has 4 heteroatoms. The first kappa shape index (κ1) is 15.0. The second-order valence-electron chi connectivity index (χ2n) is 5.28. The van der Waals surface area contributed by atoms with Crippen molar-refractivity contribution in [2.75, 3.05) is 6.61 Å². The van der Waals surface area contributed by atoms with Crippen LogP contribution in [0.5, 0.6) is 5.75 Å². The topological polar surface area (TPSA) is 65.6 Å². The summed E-state index contributed by atoms with van der Waals surface area (Å²) >= 11 is 0. The molecule has 1 rings (SSSR count). The molecule has 0 aromatic heterocycles. The maximum atomic E-state index is 8.96. The summed E-state index contributed by atoms with van der Waals surface area (Å²) in [6.45, 7) is 7.91. The van der Waals surface area contributed by atoms with Crippen molar-refractivity contribution in [2.45, 2.75) is 34.1 Å². The predicted octanol–water partition coefficient (Wildman–Crippen LogP) is 3.51. The van der Waals surface area contributed by atoms with Crippen LogP contribution in [0.3, 0.4) is 0 Å². The molecule has 0 aliphatic rings. The number of nitrogens with zero attached hydrogens (tertiary/aromatic N) is 2. The van der Waals surface area contributed by atoms with Crippen molar-refractivity contribution < 1.29 is 9.94 Å². The second kappa shape index (κ2) is 6.24. The van der Waals surface area contributed by atoms with Gasteiger partial charge in [0.2, 0.25) is 0 Å². The monoisotopic (exact) mass is 260 g/mol. The van der Waals surface area contributed by atoms with Gasteiger partial charge in [0.05, 0.1) is 23.8 Å². The van der Waals surface area contributed by atoms with Crippen LogP contribution in [-0.2, 0) is 0 Å². The van der Waals surface area contributed by atoms with Gasteiger partial charge in [0.1, 0.15) is 5.75 Å². The van der Waals surface area contributed by atoms with E-state index in [2.05, 4.69) is 11.2 Å². The molecule has 19 heavy (non-hydrogen) atoms. The van der Waals surface area contributed by atoms with Crippen LogP contribution in [0.1, 0.15) is 38.3 Å². The Morgan fingerprint density at radius 3 is 2.74 bits per heavy atom. The van der Waals surface area contributed by atoms with Crippen molar-refractivity contribution in [3.05, 3.63) is 29.3 Å². The van der Waals surface area contributed by atoms with Crippen LogP contribution in [0, 0.1) is 23.7 Å². The third kappa shape index (κ3) is 4.29. The quantitative estimate of drug-likeness (QED) is 0.500. The molecule has 0 heterocycles. The molecule has 102 valence electrons. The molecular weight excluding hydrogens is 240 g/mol. The number of ether oxygens (including phenoxy) is 1. The summed E-state index contributed by atoms with van der Waals surface area (Å²) in [6.07, 6.45) is 0.645. The summed E-state index contributed by atoms with van der Waals surface area (Å²) in [5.41, 5.74) is 1.95. The molecule has 0 saturated heterocycles. The Morgan fingerprint density at radius 2 is 2.16 bits per heavy atom. The second-order valence-corrected chi connectivity index (χ2v) is 5.28. The molecule has 1 aromatic carbocycles. The van der Waals surface area contributed by atoms with E-state index < -0.39 is 5.41 Å². The Morgan fingerprint density at radius 1 is 1.47 bits per heavy atom. The molecule has 0 spiro atoms. The Bertz CT molecular complexity index is 513. The third-order valence-corrected chi connectivity index (χ3v) is 2.96. The van der Waals surface area contributed by atoms with Crippen LogP contribution >= 0.6 is 0 Å². The lowest BCUT2D eigenvalue weighted by Gasteiger charge is -2.17. The zero-order valence-corrected chi connectivity index (χ0v) is 11.9. The molecule has 0 fully saturated rings. The van der Waals surface area contributed by atoms with Gasteiger partial charge in [-0.1, -0.05) is 11.2 Å². The highest BCUT2D eigenvalue weighted by molar-refractivity contribution is 6.00. The van der Waals surface area contributed by atoms with Gasteiger partial charge in [0, 0.05) is 5.56 Å². The Kier molecular flexibility index (Phi) is 4.94. The van der Waals surface area contributed by atoms with Crippen molar-refractivity contribution >= 4 is 5.71 Å². The number of nitriles is 1. The Balaban J connectivity index is 2.83. The van der Waals surface area contributed by atoms with E-state index >= 15 is 0 Å². The molecular formula is C15H20N2O2. The van der Waals surface area contributed by atoms with Crippen LogP contribution in [-0.4, -0.2) is 17.5 Å². The van der Waals surface area contributed by atoms with E-state index in [9.17, 15) is 0 Å². The van der Waals surface area contributed by atoms with Gasteiger partial charge in [-0.05, 0) is 51.8 Å². The fourth-order valence-electron chi connectivity index (χ4n) is 1.57. The first-order valence-electron chi connectivity index (χ1n) is 6.23. The highest BCUT2D eigenvalue weighted by Crippen LogP contribution is 2.24. The molecule has 0 aliphatic carbocycles. The Labute approximate surface area is 114 Å². The first-order chi connectivity index (χ1) is 8.89. The van der Waals surface area contributed by atoms with Crippen LogP contribution < -0.4 is 4.74 Å². The summed E-state index contributed by atoms with van der Waals surface area (Å²) in [7, 11) is 0. The van der Waals surface area contributed by atoms with Crippen molar-refractivity contribution in [1.29, 1.82) is 5.26 Å². The summed E-state index contributed by atoms with van der Waals surface area (Å²) in [5.74, 6) is 0.684. The lowest BCUT2D eigenvalue weighted by Crippen LogP contribution is -2.14. The summed E-state index contributed by atoms with van der Waals surface area (Å²) < 4.78 is 5.74. The first-order valence-corrected chi connectivity index (χ1v) is 6.23. The smallest absolute Gasteiger partial charge is 0.128 e. The molecule has 0 saturated carbocycles. The van der Waals surface area contributed by atoms with E-state index in [1.54, 1.807) is 6.92 Å². The van der Waals surface area contributed by atoms with Gasteiger partial charge in [-0.2, -0.15) is 5.26 Å². The fraction of sp³-hybridized carbons (Fsp3) is 0.467. The number of oxime groups is 1. The van der Waals surface area contributed by atoms with Gasteiger partial charge in [-0.15, -0.1) is 0 Å². The lowest BCUT2D eigenvalue weighted by molar-refractivity contribution is 0.263. The molecule has 0 radical (unpaired) electrons. The third-order valence-electron chi connectivity index (χ3n) is 2.96. The van der Waals surface area contributed by atoms with Gasteiger partial charge < -0.3 is 9.94 Å². The zero-order valence-electron chi connectivity index (χ0n) is 11.9. The summed E-state index contributed by atoms with van der Waals surface area (Å²) in [6, 6.07) is 7.96. The van der Waals surface area contributed by atoms with Gasteiger partial charge in [-0.3, -0.25) is 0 Å². The van der Waals surface area contributed by atoms with E-state index in [0.717, 1.165) is 11.1 Å². The molecule has 0 atom stereocenters. The fourth-order valence-corrected chi connectivity index (χ4v) is 1.57. The largest absolute Gasteiger partial charge is 0.493 e. The van der Waals surface area contributed by atoms with Crippen LogP contribution in [0.2, 0.25) is 0 Å². The standard InChI is InChI=1S/C15H20N2O2/c1-11-5-6-13(12(2)17-18)14(9-11)19-8-7-15(3,4)10-16/h5-6,9,18H,7-8H2,1-4H3. The molecule has 0 unspecified atom stereocenters. The van der Waals surface area contributed by atoms with E-state index in [0.29, 0.717) is 24.5 Å². The Hall–Kier alpha value is -2.02. The summed E-state index contributed by atoms with van der Waals surface area (Å²) in [4.78, 5) is 0. The molecule has 4 nitrogen and oxygen atoms in total. The minimum absolute atomic E-state index is 0.399. The molecule has 0 amide bonds. The number of aryl methyl sites for hydroxylation is 1. The van der Waals surface area contributed by atoms with E-state index in [1.807, 2.05) is 39.0 Å². The molecule has 1 N–H and O–H groups in total. The van der Waals surface area contributed by atoms with Crippen molar-refractivity contribution in [1.82, 2.24) is 0 Å². The average Bonchev–Trinajstić information content (AvgIpc) is 2.38. The maximum absolute atomic E-state index is 8.96. The number of rotatable bonds is 5. The van der Waals surface area contributed by atoms with Crippen molar-refractivity contribution in [3.63, 3.8) is 0 Å². The minimum Gasteiger partial charge on any atom is -0.493 e. The van der Waals surface area contributed by atoms with Crippen molar-refractivity contribution in [2.24, 2.45) is 10.6 Å². The van der Waals surface area contributed by atoms with Gasteiger partial charge in [0.25, 0.3) is 0 Å². The highest BCUT2D eigenvalue weighted by Gasteiger charge is 2.17. The van der Waals surface area contributed by atoms with Gasteiger partial charge in [0.15, 0.2) is 0 Å². The van der Waals surface area contributed by atoms with Gasteiger partial charge >= 0.3 is 0 Å². The maximum Gasteiger partial charge on any atom is 0.128 e.